The summed E-state index contributed by atoms with van der Waals surface area (Å²) in [5.41, 5.74) is 1.91. The molecule has 158 valence electrons. The maximum atomic E-state index is 12.9. The summed E-state index contributed by atoms with van der Waals surface area (Å²) in [7, 11) is 1.57. The second kappa shape index (κ2) is 8.36. The molecule has 0 saturated carbocycles. The number of amides is 2. The SMILES string of the molecule is CC(O)CNC(=O)c1cnn(C)c1C(=O)Nc1ccn2cc(-c3ccccc3)nc2n1. The molecule has 0 radical (unpaired) electrons. The van der Waals surface area contributed by atoms with Gasteiger partial charge in [0.25, 0.3) is 11.8 Å². The minimum Gasteiger partial charge on any atom is -0.392 e. The molecule has 3 N–H and O–H groups in total. The van der Waals surface area contributed by atoms with Crippen LogP contribution in [-0.2, 0) is 7.05 Å². The molecule has 0 aliphatic carbocycles. The van der Waals surface area contributed by atoms with Gasteiger partial charge in [0.2, 0.25) is 5.78 Å². The third kappa shape index (κ3) is 4.28. The van der Waals surface area contributed by atoms with Crippen LogP contribution in [0.25, 0.3) is 17.0 Å². The molecule has 1 aromatic carbocycles. The maximum Gasteiger partial charge on any atom is 0.275 e. The number of rotatable bonds is 6. The quantitative estimate of drug-likeness (QED) is 0.435. The monoisotopic (exact) mass is 419 g/mol. The van der Waals surface area contributed by atoms with Crippen LogP contribution in [0.3, 0.4) is 0 Å². The molecule has 3 aromatic heterocycles. The minimum absolute atomic E-state index is 0.0661. The molecule has 1 atom stereocenters. The molecule has 4 rings (SSSR count). The summed E-state index contributed by atoms with van der Waals surface area (Å²) in [4.78, 5) is 34.1. The average molecular weight is 419 g/mol. The molecule has 0 saturated heterocycles. The van der Waals surface area contributed by atoms with E-state index in [4.69, 9.17) is 0 Å². The van der Waals surface area contributed by atoms with Crippen molar-refractivity contribution in [1.29, 1.82) is 0 Å². The number of aliphatic hydroxyl groups is 1. The van der Waals surface area contributed by atoms with E-state index >= 15 is 0 Å². The number of nitrogens with one attached hydrogen (secondary N) is 2. The van der Waals surface area contributed by atoms with Crippen LogP contribution in [0.1, 0.15) is 27.8 Å². The number of carbonyl (C=O) groups excluding carboxylic acids is 2. The number of carbonyl (C=O) groups is 2. The highest BCUT2D eigenvalue weighted by atomic mass is 16.3. The minimum atomic E-state index is -0.704. The Kier molecular flexibility index (Phi) is 5.46. The average Bonchev–Trinajstić information content (AvgIpc) is 3.36. The van der Waals surface area contributed by atoms with Crippen molar-refractivity contribution in [2.24, 2.45) is 7.05 Å². The van der Waals surface area contributed by atoms with Gasteiger partial charge in [-0.2, -0.15) is 10.1 Å². The molecule has 0 bridgehead atoms. The zero-order chi connectivity index (χ0) is 22.0. The van der Waals surface area contributed by atoms with Crippen LogP contribution in [0.2, 0.25) is 0 Å². The smallest absolute Gasteiger partial charge is 0.275 e. The molecule has 0 aliphatic rings. The molecule has 0 spiro atoms. The Bertz CT molecular complexity index is 1240. The molecule has 0 fully saturated rings. The fourth-order valence-electron chi connectivity index (χ4n) is 3.07. The highest BCUT2D eigenvalue weighted by Gasteiger charge is 2.23. The number of benzene rings is 1. The zero-order valence-electron chi connectivity index (χ0n) is 17.0. The van der Waals surface area contributed by atoms with E-state index in [0.29, 0.717) is 11.6 Å². The molecule has 10 heteroatoms. The number of anilines is 1. The molecule has 4 aromatic rings. The third-order valence-electron chi connectivity index (χ3n) is 4.59. The lowest BCUT2D eigenvalue weighted by atomic mass is 10.2. The molecule has 3 heterocycles. The van der Waals surface area contributed by atoms with Crippen LogP contribution in [0.4, 0.5) is 5.82 Å². The van der Waals surface area contributed by atoms with Crippen LogP contribution in [-0.4, -0.2) is 53.7 Å². The summed E-state index contributed by atoms with van der Waals surface area (Å²) in [6, 6.07) is 11.4. The Morgan fingerprint density at radius 1 is 1.13 bits per heavy atom. The van der Waals surface area contributed by atoms with Gasteiger partial charge in [0.1, 0.15) is 11.5 Å². The summed E-state index contributed by atoms with van der Waals surface area (Å²) in [5, 5.41) is 18.6. The summed E-state index contributed by atoms with van der Waals surface area (Å²) in [6.45, 7) is 1.62. The topological polar surface area (TPSA) is 126 Å². The van der Waals surface area contributed by atoms with E-state index < -0.39 is 17.9 Å². The number of imidazole rings is 1. The van der Waals surface area contributed by atoms with E-state index in [2.05, 4.69) is 25.7 Å². The van der Waals surface area contributed by atoms with Crippen LogP contribution >= 0.6 is 0 Å². The van der Waals surface area contributed by atoms with E-state index in [1.807, 2.05) is 36.5 Å². The first-order chi connectivity index (χ1) is 14.9. The molecule has 2 amide bonds. The van der Waals surface area contributed by atoms with E-state index in [-0.39, 0.29) is 17.8 Å². The Labute approximate surface area is 177 Å². The molecule has 10 nitrogen and oxygen atoms in total. The second-order valence-electron chi connectivity index (χ2n) is 7.06. The highest BCUT2D eigenvalue weighted by molar-refractivity contribution is 6.10. The normalized spacial score (nSPS) is 12.0. The summed E-state index contributed by atoms with van der Waals surface area (Å²) < 4.78 is 3.07. The van der Waals surface area contributed by atoms with Crippen molar-refractivity contribution in [3.8, 4) is 11.3 Å². The first-order valence-electron chi connectivity index (χ1n) is 9.63. The summed E-state index contributed by atoms with van der Waals surface area (Å²) in [5.74, 6) is -0.312. The standard InChI is InChI=1S/C21H21N7O3/c1-13(29)10-22-19(30)15-11-23-27(2)18(15)20(31)25-17-8-9-28-12-16(24-21(28)26-17)14-6-4-3-5-7-14/h3-9,11-13,29H,10H2,1-2H3,(H,22,30)(H,24,25,26,31). The van der Waals surface area contributed by atoms with Crippen molar-refractivity contribution in [1.82, 2.24) is 29.5 Å². The van der Waals surface area contributed by atoms with Gasteiger partial charge >= 0.3 is 0 Å². The lowest BCUT2D eigenvalue weighted by molar-refractivity contribution is 0.0913. The largest absolute Gasteiger partial charge is 0.392 e. The maximum absolute atomic E-state index is 12.9. The van der Waals surface area contributed by atoms with Crippen molar-refractivity contribution in [2.45, 2.75) is 13.0 Å². The van der Waals surface area contributed by atoms with Crippen molar-refractivity contribution in [3.05, 3.63) is 66.2 Å². The van der Waals surface area contributed by atoms with E-state index in [9.17, 15) is 14.7 Å². The van der Waals surface area contributed by atoms with E-state index in [1.165, 1.54) is 10.9 Å². The zero-order valence-corrected chi connectivity index (χ0v) is 17.0. The van der Waals surface area contributed by atoms with Gasteiger partial charge in [0, 0.05) is 31.5 Å². The second-order valence-corrected chi connectivity index (χ2v) is 7.06. The predicted molar refractivity (Wildman–Crippen MR) is 114 cm³/mol. The summed E-state index contributed by atoms with van der Waals surface area (Å²) in [6.07, 6.45) is 4.21. The Balaban J connectivity index is 1.56. The van der Waals surface area contributed by atoms with Gasteiger partial charge in [-0.15, -0.1) is 0 Å². The van der Waals surface area contributed by atoms with Crippen molar-refractivity contribution in [3.63, 3.8) is 0 Å². The number of nitrogens with zero attached hydrogens (tertiary/aromatic N) is 5. The van der Waals surface area contributed by atoms with Gasteiger partial charge in [0.15, 0.2) is 0 Å². The van der Waals surface area contributed by atoms with Crippen molar-refractivity contribution < 1.29 is 14.7 Å². The fraction of sp³-hybridized carbons (Fsp3) is 0.190. The van der Waals surface area contributed by atoms with Gasteiger partial charge in [-0.05, 0) is 13.0 Å². The number of aliphatic hydroxyl groups excluding tert-OH is 1. The van der Waals surface area contributed by atoms with Gasteiger partial charge < -0.3 is 15.7 Å². The summed E-state index contributed by atoms with van der Waals surface area (Å²) >= 11 is 0. The van der Waals surface area contributed by atoms with Gasteiger partial charge in [-0.3, -0.25) is 18.7 Å². The van der Waals surface area contributed by atoms with Gasteiger partial charge in [-0.1, -0.05) is 30.3 Å². The van der Waals surface area contributed by atoms with Crippen molar-refractivity contribution in [2.75, 3.05) is 11.9 Å². The first-order valence-corrected chi connectivity index (χ1v) is 9.63. The molecule has 31 heavy (non-hydrogen) atoms. The lowest BCUT2D eigenvalue weighted by Crippen LogP contribution is -2.32. The Morgan fingerprint density at radius 2 is 1.90 bits per heavy atom. The number of hydrogen-bond acceptors (Lipinski definition) is 6. The first kappa shape index (κ1) is 20.2. The number of aryl methyl sites for hydroxylation is 1. The Morgan fingerprint density at radius 3 is 2.65 bits per heavy atom. The fourth-order valence-corrected chi connectivity index (χ4v) is 3.07. The number of hydrogen-bond donors (Lipinski definition) is 3. The Hall–Kier alpha value is -4.05. The van der Waals surface area contributed by atoms with E-state index in [0.717, 1.165) is 11.3 Å². The van der Waals surface area contributed by atoms with Crippen LogP contribution in [0.15, 0.2) is 55.0 Å². The lowest BCUT2D eigenvalue weighted by Gasteiger charge is -2.09. The van der Waals surface area contributed by atoms with Crippen LogP contribution in [0.5, 0.6) is 0 Å². The van der Waals surface area contributed by atoms with Crippen molar-refractivity contribution >= 4 is 23.4 Å². The third-order valence-corrected chi connectivity index (χ3v) is 4.59. The molecular formula is C21H21N7O3. The van der Waals surface area contributed by atoms with Gasteiger partial charge in [0.05, 0.1) is 23.6 Å². The predicted octanol–water partition coefficient (Wildman–Crippen LogP) is 1.49. The highest BCUT2D eigenvalue weighted by Crippen LogP contribution is 2.19. The van der Waals surface area contributed by atoms with Gasteiger partial charge in [-0.25, -0.2) is 4.98 Å². The molecule has 1 unspecified atom stereocenters. The molecule has 0 aliphatic heterocycles. The van der Waals surface area contributed by atoms with E-state index in [1.54, 1.807) is 30.6 Å². The van der Waals surface area contributed by atoms with Crippen LogP contribution < -0.4 is 10.6 Å². The van der Waals surface area contributed by atoms with Crippen LogP contribution in [0, 0.1) is 0 Å². The molecular weight excluding hydrogens is 398 g/mol. The number of fused-ring (bicyclic) bond motifs is 1. The number of aromatic nitrogens is 5.